The van der Waals surface area contributed by atoms with Crippen LogP contribution < -0.4 is 10.5 Å². The zero-order valence-electron chi connectivity index (χ0n) is 17.6. The molecule has 4 aromatic heterocycles. The van der Waals surface area contributed by atoms with E-state index in [2.05, 4.69) is 45.1 Å². The summed E-state index contributed by atoms with van der Waals surface area (Å²) < 4.78 is 3.11. The van der Waals surface area contributed by atoms with E-state index in [0.717, 1.165) is 30.8 Å². The fraction of sp³-hybridized carbons (Fsp3) is 0.381. The van der Waals surface area contributed by atoms with Gasteiger partial charge in [0, 0.05) is 31.4 Å². The maximum atomic E-state index is 13.0. The molecule has 5 rings (SSSR count). The minimum Gasteiger partial charge on any atom is -0.369 e. The van der Waals surface area contributed by atoms with Gasteiger partial charge in [-0.15, -0.1) is 14.8 Å². The number of anilines is 1. The van der Waals surface area contributed by atoms with Crippen molar-refractivity contribution in [1.82, 2.24) is 34.1 Å². The number of rotatable bonds is 3. The van der Waals surface area contributed by atoms with Gasteiger partial charge in [-0.3, -0.25) is 9.20 Å². The van der Waals surface area contributed by atoms with Gasteiger partial charge in [-0.05, 0) is 58.1 Å². The number of aryl methyl sites for hydroxylation is 2. The lowest BCUT2D eigenvalue weighted by Crippen LogP contribution is -2.31. The first-order chi connectivity index (χ1) is 14.4. The summed E-state index contributed by atoms with van der Waals surface area (Å²) in [7, 11) is 4.23. The lowest BCUT2D eigenvalue weighted by Gasteiger charge is -2.22. The minimum absolute atomic E-state index is 0.125. The highest BCUT2D eigenvalue weighted by Gasteiger charge is 2.25. The third-order valence-electron chi connectivity index (χ3n) is 5.77. The molecule has 0 spiro atoms. The molecule has 1 saturated heterocycles. The van der Waals surface area contributed by atoms with Crippen LogP contribution in [0.2, 0.25) is 0 Å². The summed E-state index contributed by atoms with van der Waals surface area (Å²) in [4.78, 5) is 26.6. The van der Waals surface area contributed by atoms with Crippen LogP contribution in [0.15, 0.2) is 35.3 Å². The van der Waals surface area contributed by atoms with E-state index >= 15 is 0 Å². The normalized spacial score (nSPS) is 17.0. The summed E-state index contributed by atoms with van der Waals surface area (Å²) in [6.45, 7) is 5.75. The van der Waals surface area contributed by atoms with E-state index in [0.29, 0.717) is 34.5 Å². The molecule has 30 heavy (non-hydrogen) atoms. The van der Waals surface area contributed by atoms with Gasteiger partial charge < -0.3 is 9.80 Å². The maximum absolute atomic E-state index is 13.0. The molecule has 9 heteroatoms. The largest absolute Gasteiger partial charge is 0.369 e. The molecule has 0 amide bonds. The number of nitrogens with zero attached hydrogens (tertiary/aromatic N) is 8. The summed E-state index contributed by atoms with van der Waals surface area (Å²) >= 11 is 0. The Labute approximate surface area is 173 Å². The molecule has 4 aromatic rings. The first-order valence-corrected chi connectivity index (χ1v) is 10.1. The fourth-order valence-electron chi connectivity index (χ4n) is 4.08. The van der Waals surface area contributed by atoms with Crippen LogP contribution in [0, 0.1) is 13.8 Å². The smallest absolute Gasteiger partial charge is 0.258 e. The predicted octanol–water partition coefficient (Wildman–Crippen LogP) is 1.56. The van der Waals surface area contributed by atoms with Gasteiger partial charge in [0.05, 0.1) is 11.4 Å². The van der Waals surface area contributed by atoms with Gasteiger partial charge in [0.15, 0.2) is 5.65 Å². The molecule has 0 aliphatic carbocycles. The number of fused-ring (bicyclic) bond motifs is 2. The lowest BCUT2D eigenvalue weighted by molar-refractivity contribution is 0.315. The van der Waals surface area contributed by atoms with Gasteiger partial charge in [-0.25, -0.2) is 9.97 Å². The molecule has 1 aliphatic heterocycles. The Morgan fingerprint density at radius 2 is 1.90 bits per heavy atom. The molecule has 1 aliphatic rings. The average molecular weight is 404 g/mol. The summed E-state index contributed by atoms with van der Waals surface area (Å²) in [5.41, 5.74) is 4.30. The van der Waals surface area contributed by atoms with Gasteiger partial charge in [-0.1, -0.05) is 0 Å². The number of hydrogen-bond donors (Lipinski definition) is 0. The highest BCUT2D eigenvalue weighted by molar-refractivity contribution is 5.63. The van der Waals surface area contributed by atoms with Crippen LogP contribution in [-0.2, 0) is 0 Å². The third-order valence-corrected chi connectivity index (χ3v) is 5.77. The Hall–Kier alpha value is -3.33. The van der Waals surface area contributed by atoms with Crippen molar-refractivity contribution in [2.24, 2.45) is 0 Å². The van der Waals surface area contributed by atoms with Gasteiger partial charge in [0.25, 0.3) is 5.56 Å². The second-order valence-corrected chi connectivity index (χ2v) is 8.13. The second-order valence-electron chi connectivity index (χ2n) is 8.13. The predicted molar refractivity (Wildman–Crippen MR) is 115 cm³/mol. The molecule has 1 fully saturated rings. The molecule has 0 unspecified atom stereocenters. The molecule has 0 aromatic carbocycles. The number of hydrogen-bond acceptors (Lipinski definition) is 7. The Kier molecular flexibility index (Phi) is 4.28. The van der Waals surface area contributed by atoms with Crippen molar-refractivity contribution in [1.29, 1.82) is 0 Å². The molecule has 9 nitrogen and oxygen atoms in total. The van der Waals surface area contributed by atoms with Gasteiger partial charge in [0.1, 0.15) is 17.2 Å². The van der Waals surface area contributed by atoms with Gasteiger partial charge >= 0.3 is 0 Å². The number of aromatic nitrogens is 6. The molecule has 1 atom stereocenters. The summed E-state index contributed by atoms with van der Waals surface area (Å²) in [5, 5.41) is 8.72. The second kappa shape index (κ2) is 6.88. The van der Waals surface area contributed by atoms with Crippen LogP contribution in [0.5, 0.6) is 0 Å². The van der Waals surface area contributed by atoms with E-state index in [1.54, 1.807) is 4.40 Å². The lowest BCUT2D eigenvalue weighted by atomic mass is 10.2. The highest BCUT2D eigenvalue weighted by atomic mass is 16.1. The average Bonchev–Trinajstić information content (AvgIpc) is 3.33. The Balaban J connectivity index is 1.57. The van der Waals surface area contributed by atoms with Crippen LogP contribution in [0.25, 0.3) is 22.7 Å². The molecule has 0 radical (unpaired) electrons. The monoisotopic (exact) mass is 404 g/mol. The molecule has 0 N–H and O–H groups in total. The number of likely N-dealkylation sites (N-methyl/N-ethyl adjacent to an activating group) is 1. The van der Waals surface area contributed by atoms with Crippen molar-refractivity contribution >= 4 is 17.0 Å². The van der Waals surface area contributed by atoms with E-state index in [1.165, 1.54) is 10.7 Å². The van der Waals surface area contributed by atoms with Gasteiger partial charge in [-0.2, -0.15) is 0 Å². The third kappa shape index (κ3) is 3.11. The summed E-state index contributed by atoms with van der Waals surface area (Å²) in [5.74, 6) is 0.646. The molecule has 0 saturated carbocycles. The van der Waals surface area contributed by atoms with Crippen molar-refractivity contribution < 1.29 is 0 Å². The van der Waals surface area contributed by atoms with E-state index in [1.807, 2.05) is 32.2 Å². The van der Waals surface area contributed by atoms with Crippen LogP contribution in [-0.4, -0.2) is 67.3 Å². The Morgan fingerprint density at radius 1 is 1.07 bits per heavy atom. The molecular formula is C21H24N8O. The van der Waals surface area contributed by atoms with Crippen LogP contribution >= 0.6 is 0 Å². The molecule has 154 valence electrons. The molecule has 0 bridgehead atoms. The summed E-state index contributed by atoms with van der Waals surface area (Å²) in [6.07, 6.45) is 3.02. The molecular weight excluding hydrogens is 380 g/mol. The Morgan fingerprint density at radius 3 is 2.67 bits per heavy atom. The fourth-order valence-corrected chi connectivity index (χ4v) is 4.08. The van der Waals surface area contributed by atoms with E-state index in [4.69, 9.17) is 4.98 Å². The van der Waals surface area contributed by atoms with Crippen molar-refractivity contribution in [2.75, 3.05) is 32.1 Å². The minimum atomic E-state index is -0.125. The molecule has 5 heterocycles. The van der Waals surface area contributed by atoms with E-state index in [9.17, 15) is 4.79 Å². The zero-order chi connectivity index (χ0) is 21.0. The van der Waals surface area contributed by atoms with Gasteiger partial charge in [0.2, 0.25) is 0 Å². The quantitative estimate of drug-likeness (QED) is 0.512. The van der Waals surface area contributed by atoms with Crippen molar-refractivity contribution in [3.63, 3.8) is 0 Å². The first-order valence-electron chi connectivity index (χ1n) is 10.1. The highest BCUT2D eigenvalue weighted by Crippen LogP contribution is 2.25. The SMILES string of the molecule is Cc1nc2ccc(-c3cc(=O)n4cc(N5CC[C@@H](N(C)C)C5)cc(C)c4n3)nn2n1. The first kappa shape index (κ1) is 18.7. The maximum Gasteiger partial charge on any atom is 0.258 e. The standard InChI is InChI=1S/C21H24N8O/c1-13-9-16(27-8-7-15(11-27)26(3)4)12-28-20(30)10-18(23-21(13)28)17-5-6-19-22-14(2)24-29(19)25-17/h5-6,9-10,12,15H,7-8,11H2,1-4H3/t15-/m1/s1. The van der Waals surface area contributed by atoms with Crippen molar-refractivity contribution in [3.05, 3.63) is 52.2 Å². The van der Waals surface area contributed by atoms with Crippen LogP contribution in [0.4, 0.5) is 5.69 Å². The zero-order valence-corrected chi connectivity index (χ0v) is 17.6. The van der Waals surface area contributed by atoms with Crippen molar-refractivity contribution in [2.45, 2.75) is 26.3 Å². The Bertz CT molecular complexity index is 1320. The topological polar surface area (TPSA) is 83.9 Å². The summed E-state index contributed by atoms with van der Waals surface area (Å²) in [6, 6.07) is 7.81. The number of pyridine rings is 1. The van der Waals surface area contributed by atoms with Crippen LogP contribution in [0.3, 0.4) is 0 Å². The van der Waals surface area contributed by atoms with E-state index < -0.39 is 0 Å². The van der Waals surface area contributed by atoms with Crippen molar-refractivity contribution in [3.8, 4) is 11.4 Å². The van der Waals surface area contributed by atoms with Crippen LogP contribution in [0.1, 0.15) is 17.8 Å². The van der Waals surface area contributed by atoms with E-state index in [-0.39, 0.29) is 5.56 Å².